The van der Waals surface area contributed by atoms with Gasteiger partial charge in [-0.25, -0.2) is 0 Å². The van der Waals surface area contributed by atoms with Gasteiger partial charge in [0.1, 0.15) is 0 Å². The zero-order valence-corrected chi connectivity index (χ0v) is 10.9. The number of benzene rings is 2. The number of hydrazone groups is 1. The summed E-state index contributed by atoms with van der Waals surface area (Å²) in [6, 6.07) is 11.7. The van der Waals surface area contributed by atoms with Crippen molar-refractivity contribution in [3.8, 4) is 0 Å². The Morgan fingerprint density at radius 2 is 1.75 bits per heavy atom. The van der Waals surface area contributed by atoms with Crippen LogP contribution in [0.3, 0.4) is 0 Å². The maximum atomic E-state index is 12.5. The minimum atomic E-state index is -4.35. The number of nitrogens with one attached hydrogen (secondary N) is 1. The largest absolute Gasteiger partial charge is 0.416 e. The van der Waals surface area contributed by atoms with E-state index in [9.17, 15) is 13.2 Å². The van der Waals surface area contributed by atoms with Gasteiger partial charge in [0.15, 0.2) is 0 Å². The number of nitrogens with zero attached hydrogens (tertiary/aromatic N) is 1. The van der Waals surface area contributed by atoms with Crippen LogP contribution in [0.1, 0.15) is 11.1 Å². The van der Waals surface area contributed by atoms with Crippen LogP contribution in [-0.4, -0.2) is 6.21 Å². The highest BCUT2D eigenvalue weighted by atomic mass is 35.5. The fraction of sp³-hybridized carbons (Fsp3) is 0.0714. The Morgan fingerprint density at radius 1 is 1.05 bits per heavy atom. The van der Waals surface area contributed by atoms with Crippen LogP contribution in [-0.2, 0) is 6.18 Å². The Bertz CT molecular complexity index is 607. The van der Waals surface area contributed by atoms with Gasteiger partial charge >= 0.3 is 6.18 Å². The smallest absolute Gasteiger partial charge is 0.279 e. The minimum absolute atomic E-state index is 0.362. The van der Waals surface area contributed by atoms with Crippen molar-refractivity contribution in [3.63, 3.8) is 0 Å². The van der Waals surface area contributed by atoms with Crippen molar-refractivity contribution in [2.75, 3.05) is 5.43 Å². The van der Waals surface area contributed by atoms with Crippen LogP contribution in [0.15, 0.2) is 53.6 Å². The van der Waals surface area contributed by atoms with E-state index in [1.165, 1.54) is 12.3 Å². The van der Waals surface area contributed by atoms with Gasteiger partial charge in [0.25, 0.3) is 0 Å². The summed E-state index contributed by atoms with van der Waals surface area (Å²) in [7, 11) is 0. The second-order valence-electron chi connectivity index (χ2n) is 4.00. The molecule has 0 amide bonds. The molecule has 6 heteroatoms. The van der Waals surface area contributed by atoms with E-state index in [0.717, 1.165) is 12.1 Å². The first-order valence-corrected chi connectivity index (χ1v) is 6.05. The molecule has 0 heterocycles. The molecule has 2 nitrogen and oxygen atoms in total. The van der Waals surface area contributed by atoms with Crippen molar-refractivity contribution in [1.29, 1.82) is 0 Å². The molecule has 0 saturated heterocycles. The Kier molecular flexibility index (Phi) is 4.29. The number of alkyl halides is 3. The van der Waals surface area contributed by atoms with Gasteiger partial charge in [-0.2, -0.15) is 18.3 Å². The second kappa shape index (κ2) is 5.96. The SMILES string of the molecule is FC(F)(F)c1cccc(C=NNc2ccc(Cl)cc2)c1. The fourth-order valence-corrected chi connectivity index (χ4v) is 1.63. The molecule has 0 fully saturated rings. The molecule has 0 atom stereocenters. The molecule has 2 rings (SSSR count). The molecule has 0 saturated carbocycles. The first-order valence-electron chi connectivity index (χ1n) is 5.67. The van der Waals surface area contributed by atoms with Gasteiger partial charge in [-0.1, -0.05) is 23.7 Å². The summed E-state index contributed by atoms with van der Waals surface area (Å²) in [5, 5.41) is 4.47. The summed E-state index contributed by atoms with van der Waals surface area (Å²) in [5.41, 5.74) is 3.06. The highest BCUT2D eigenvalue weighted by Gasteiger charge is 2.30. The molecule has 2 aromatic rings. The van der Waals surface area contributed by atoms with Crippen molar-refractivity contribution < 1.29 is 13.2 Å². The van der Waals surface area contributed by atoms with Crippen LogP contribution >= 0.6 is 11.6 Å². The predicted octanol–water partition coefficient (Wildman–Crippen LogP) is 4.80. The van der Waals surface area contributed by atoms with Gasteiger partial charge in [0, 0.05) is 5.02 Å². The summed E-state index contributed by atoms with van der Waals surface area (Å²) in [6.07, 6.45) is -3.03. The summed E-state index contributed by atoms with van der Waals surface area (Å²) >= 11 is 5.73. The first-order chi connectivity index (χ1) is 9.45. The normalized spacial score (nSPS) is 11.8. The van der Waals surface area contributed by atoms with E-state index < -0.39 is 11.7 Å². The van der Waals surface area contributed by atoms with Crippen LogP contribution in [0, 0.1) is 0 Å². The Morgan fingerprint density at radius 3 is 2.40 bits per heavy atom. The van der Waals surface area contributed by atoms with E-state index >= 15 is 0 Å². The number of anilines is 1. The van der Waals surface area contributed by atoms with E-state index in [1.54, 1.807) is 30.3 Å². The predicted molar refractivity (Wildman–Crippen MR) is 74.1 cm³/mol. The van der Waals surface area contributed by atoms with Crippen molar-refractivity contribution in [2.45, 2.75) is 6.18 Å². The lowest BCUT2D eigenvalue weighted by molar-refractivity contribution is -0.137. The third kappa shape index (κ3) is 3.99. The minimum Gasteiger partial charge on any atom is -0.279 e. The zero-order chi connectivity index (χ0) is 14.6. The molecule has 0 unspecified atom stereocenters. The molecule has 2 aromatic carbocycles. The van der Waals surface area contributed by atoms with Crippen LogP contribution in [0.25, 0.3) is 0 Å². The van der Waals surface area contributed by atoms with Crippen molar-refractivity contribution in [3.05, 3.63) is 64.7 Å². The summed E-state index contributed by atoms with van der Waals surface area (Å²) in [5.74, 6) is 0. The van der Waals surface area contributed by atoms with Gasteiger partial charge in [-0.15, -0.1) is 0 Å². The second-order valence-corrected chi connectivity index (χ2v) is 4.44. The van der Waals surface area contributed by atoms with Gasteiger partial charge < -0.3 is 0 Å². The average Bonchev–Trinajstić information content (AvgIpc) is 2.40. The fourth-order valence-electron chi connectivity index (χ4n) is 1.50. The Hall–Kier alpha value is -2.01. The molecule has 0 bridgehead atoms. The monoisotopic (exact) mass is 298 g/mol. The summed E-state index contributed by atoms with van der Waals surface area (Å²) in [6.45, 7) is 0. The molecular weight excluding hydrogens is 289 g/mol. The molecule has 0 aromatic heterocycles. The molecule has 0 aliphatic carbocycles. The summed E-state index contributed by atoms with van der Waals surface area (Å²) in [4.78, 5) is 0. The molecule has 0 aliphatic heterocycles. The van der Waals surface area contributed by atoms with Crippen LogP contribution in [0.2, 0.25) is 5.02 Å². The average molecular weight is 299 g/mol. The van der Waals surface area contributed by atoms with E-state index in [4.69, 9.17) is 11.6 Å². The van der Waals surface area contributed by atoms with E-state index in [0.29, 0.717) is 16.3 Å². The standard InChI is InChI=1S/C14H10ClF3N2/c15-12-4-6-13(7-5-12)20-19-9-10-2-1-3-11(8-10)14(16,17)18/h1-9,20H. The van der Waals surface area contributed by atoms with Gasteiger partial charge in [0.05, 0.1) is 17.5 Å². The maximum Gasteiger partial charge on any atom is 0.416 e. The molecular formula is C14H10ClF3N2. The lowest BCUT2D eigenvalue weighted by Gasteiger charge is -2.06. The number of rotatable bonds is 3. The maximum absolute atomic E-state index is 12.5. The molecule has 0 spiro atoms. The van der Waals surface area contributed by atoms with Crippen molar-refractivity contribution in [1.82, 2.24) is 0 Å². The molecule has 0 radical (unpaired) electrons. The highest BCUT2D eigenvalue weighted by Crippen LogP contribution is 2.29. The van der Waals surface area contributed by atoms with E-state index in [-0.39, 0.29) is 0 Å². The first kappa shape index (κ1) is 14.4. The third-order valence-corrected chi connectivity index (χ3v) is 2.72. The molecule has 104 valence electrons. The van der Waals surface area contributed by atoms with E-state index in [2.05, 4.69) is 10.5 Å². The van der Waals surface area contributed by atoms with Crippen molar-refractivity contribution in [2.24, 2.45) is 5.10 Å². The topological polar surface area (TPSA) is 24.4 Å². The lowest BCUT2D eigenvalue weighted by Crippen LogP contribution is -2.05. The number of hydrogen-bond acceptors (Lipinski definition) is 2. The third-order valence-electron chi connectivity index (χ3n) is 2.47. The van der Waals surface area contributed by atoms with Crippen LogP contribution in [0.5, 0.6) is 0 Å². The van der Waals surface area contributed by atoms with Crippen LogP contribution in [0.4, 0.5) is 18.9 Å². The Labute approximate surface area is 118 Å². The van der Waals surface area contributed by atoms with Gasteiger partial charge in [-0.3, -0.25) is 5.43 Å². The van der Waals surface area contributed by atoms with Gasteiger partial charge in [0.2, 0.25) is 0 Å². The molecule has 20 heavy (non-hydrogen) atoms. The van der Waals surface area contributed by atoms with Gasteiger partial charge in [-0.05, 0) is 42.0 Å². The van der Waals surface area contributed by atoms with Crippen molar-refractivity contribution >= 4 is 23.5 Å². The quantitative estimate of drug-likeness (QED) is 0.638. The number of hydrogen-bond donors (Lipinski definition) is 1. The van der Waals surface area contributed by atoms with E-state index in [1.807, 2.05) is 0 Å². The zero-order valence-electron chi connectivity index (χ0n) is 10.2. The van der Waals surface area contributed by atoms with Crippen LogP contribution < -0.4 is 5.43 Å². The number of halogens is 4. The molecule has 1 N–H and O–H groups in total. The summed E-state index contributed by atoms with van der Waals surface area (Å²) < 4.78 is 37.6. The highest BCUT2D eigenvalue weighted by molar-refractivity contribution is 6.30. The lowest BCUT2D eigenvalue weighted by atomic mass is 10.1. The Balaban J connectivity index is 2.06. The molecule has 0 aliphatic rings.